The zero-order valence-corrected chi connectivity index (χ0v) is 9.98. The molecule has 0 N–H and O–H groups in total. The van der Waals surface area contributed by atoms with Crippen LogP contribution in [0.3, 0.4) is 0 Å². The van der Waals surface area contributed by atoms with Crippen molar-refractivity contribution in [3.63, 3.8) is 0 Å². The van der Waals surface area contributed by atoms with E-state index in [-0.39, 0.29) is 0 Å². The minimum Gasteiger partial charge on any atom is -0.494 e. The maximum Gasteiger partial charge on any atom is 0.147 e. The van der Waals surface area contributed by atoms with E-state index >= 15 is 0 Å². The molecule has 0 saturated heterocycles. The Morgan fingerprint density at radius 3 is 2.62 bits per heavy atom. The lowest BCUT2D eigenvalue weighted by Crippen LogP contribution is -1.92. The lowest BCUT2D eigenvalue weighted by Gasteiger charge is -1.97. The first-order chi connectivity index (χ1) is 7.77. The molecule has 0 aliphatic rings. The highest BCUT2D eigenvalue weighted by atomic mass is 16.5. The number of nitrogens with zero attached hydrogens (tertiary/aromatic N) is 3. The van der Waals surface area contributed by atoms with E-state index in [1.165, 1.54) is 0 Å². The Labute approximate surface area is 95.1 Å². The molecule has 16 heavy (non-hydrogen) atoms. The van der Waals surface area contributed by atoms with Crippen molar-refractivity contribution in [2.45, 2.75) is 13.8 Å². The first kappa shape index (κ1) is 12.1. The van der Waals surface area contributed by atoms with Crippen molar-refractivity contribution in [1.29, 1.82) is 5.26 Å². The summed E-state index contributed by atoms with van der Waals surface area (Å²) in [7, 11) is 3.34. The summed E-state index contributed by atoms with van der Waals surface area (Å²) in [6.07, 6.45) is 0. The van der Waals surface area contributed by atoms with Crippen LogP contribution >= 0.6 is 0 Å². The molecular weight excluding hydrogens is 202 g/mol. The predicted octanol–water partition coefficient (Wildman–Crippen LogP) is 2.48. The number of aryl methyl sites for hydroxylation is 1. The molecule has 0 unspecified atom stereocenters. The monoisotopic (exact) mass is 217 g/mol. The topological polar surface area (TPSA) is 50.8 Å². The van der Waals surface area contributed by atoms with Crippen LogP contribution in [0.2, 0.25) is 0 Å². The van der Waals surface area contributed by atoms with E-state index in [9.17, 15) is 0 Å². The molecule has 1 aromatic carbocycles. The van der Waals surface area contributed by atoms with Gasteiger partial charge in [0.15, 0.2) is 0 Å². The number of hydrogen-bond donors (Lipinski definition) is 0. The van der Waals surface area contributed by atoms with Gasteiger partial charge in [-0.15, -0.1) is 0 Å². The van der Waals surface area contributed by atoms with Crippen molar-refractivity contribution in [2.75, 3.05) is 7.11 Å². The molecule has 0 saturated carbocycles. The molecule has 2 rings (SSSR count). The van der Waals surface area contributed by atoms with E-state index in [4.69, 9.17) is 10.00 Å². The van der Waals surface area contributed by atoms with Gasteiger partial charge in [0, 0.05) is 12.4 Å². The van der Waals surface area contributed by atoms with Crippen molar-refractivity contribution in [2.24, 2.45) is 7.05 Å². The molecule has 0 aliphatic heterocycles. The number of rotatable bonds is 1. The van der Waals surface area contributed by atoms with Crippen LogP contribution in [0.5, 0.6) is 5.75 Å². The smallest absolute Gasteiger partial charge is 0.147 e. The van der Waals surface area contributed by atoms with E-state index in [1.54, 1.807) is 18.8 Å². The number of hydrogen-bond acceptors (Lipinski definition) is 3. The molecule has 0 fully saturated rings. The standard InChI is InChI=1S/C10H9N3O.C2H6/c1-13-8(6-11)7-4-3-5-9(14-2)10(7)12-13;1-2/h3-5H,1-2H3;1-2H3. The Bertz CT molecular complexity index is 523. The SMILES string of the molecule is CC.COc1cccc2c(C#N)n(C)nc12. The van der Waals surface area contributed by atoms with Crippen molar-refractivity contribution in [3.8, 4) is 11.8 Å². The first-order valence-electron chi connectivity index (χ1n) is 5.17. The van der Waals surface area contributed by atoms with Gasteiger partial charge in [0.2, 0.25) is 0 Å². The fourth-order valence-corrected chi connectivity index (χ4v) is 1.49. The average Bonchev–Trinajstić information content (AvgIpc) is 2.66. The van der Waals surface area contributed by atoms with Gasteiger partial charge in [-0.2, -0.15) is 10.4 Å². The van der Waals surface area contributed by atoms with Gasteiger partial charge in [-0.05, 0) is 12.1 Å². The molecule has 84 valence electrons. The summed E-state index contributed by atoms with van der Waals surface area (Å²) in [6.45, 7) is 4.00. The number of aromatic nitrogens is 2. The second-order valence-corrected chi connectivity index (χ2v) is 2.94. The summed E-state index contributed by atoms with van der Waals surface area (Å²) in [5.41, 5.74) is 1.29. The molecule has 0 atom stereocenters. The zero-order valence-electron chi connectivity index (χ0n) is 9.98. The summed E-state index contributed by atoms with van der Waals surface area (Å²) in [5, 5.41) is 14.0. The van der Waals surface area contributed by atoms with Crippen LogP contribution in [0.25, 0.3) is 10.9 Å². The minimum absolute atomic E-state index is 0.555. The predicted molar refractivity (Wildman–Crippen MR) is 63.3 cm³/mol. The largest absolute Gasteiger partial charge is 0.494 e. The minimum atomic E-state index is 0.555. The Balaban J connectivity index is 0.000000606. The first-order valence-corrected chi connectivity index (χ1v) is 5.17. The van der Waals surface area contributed by atoms with Crippen LogP contribution in [0.1, 0.15) is 19.5 Å². The summed E-state index contributed by atoms with van der Waals surface area (Å²) in [6, 6.07) is 7.66. The maximum absolute atomic E-state index is 8.92. The summed E-state index contributed by atoms with van der Waals surface area (Å²) >= 11 is 0. The van der Waals surface area contributed by atoms with E-state index in [0.717, 1.165) is 10.9 Å². The molecule has 4 heteroatoms. The molecule has 0 bridgehead atoms. The number of fused-ring (bicyclic) bond motifs is 1. The van der Waals surface area contributed by atoms with Gasteiger partial charge >= 0.3 is 0 Å². The third kappa shape index (κ3) is 1.84. The van der Waals surface area contributed by atoms with E-state index in [2.05, 4.69) is 11.2 Å². The Morgan fingerprint density at radius 2 is 2.06 bits per heavy atom. The lowest BCUT2D eigenvalue weighted by molar-refractivity contribution is 0.418. The Kier molecular flexibility index (Phi) is 3.90. The van der Waals surface area contributed by atoms with Crippen LogP contribution in [0, 0.1) is 11.3 Å². The summed E-state index contributed by atoms with van der Waals surface area (Å²) in [5.74, 6) is 0.694. The Hall–Kier alpha value is -2.02. The summed E-state index contributed by atoms with van der Waals surface area (Å²) in [4.78, 5) is 0. The molecule has 0 spiro atoms. The normalized spacial score (nSPS) is 9.19. The number of methoxy groups -OCH3 is 1. The third-order valence-electron chi connectivity index (χ3n) is 2.15. The Morgan fingerprint density at radius 1 is 1.38 bits per heavy atom. The molecular formula is C12H15N3O. The average molecular weight is 217 g/mol. The molecule has 0 amide bonds. The van der Waals surface area contributed by atoms with Gasteiger partial charge in [-0.3, -0.25) is 4.68 Å². The van der Waals surface area contributed by atoms with Crippen LogP contribution < -0.4 is 4.74 Å². The lowest BCUT2D eigenvalue weighted by atomic mass is 10.2. The maximum atomic E-state index is 8.92. The highest BCUT2D eigenvalue weighted by Crippen LogP contribution is 2.25. The van der Waals surface area contributed by atoms with Crippen molar-refractivity contribution >= 4 is 10.9 Å². The number of benzene rings is 1. The van der Waals surface area contributed by atoms with Gasteiger partial charge in [0.25, 0.3) is 0 Å². The highest BCUT2D eigenvalue weighted by molar-refractivity contribution is 5.88. The van der Waals surface area contributed by atoms with E-state index < -0.39 is 0 Å². The number of ether oxygens (including phenoxy) is 1. The van der Waals surface area contributed by atoms with Crippen LogP contribution in [0.4, 0.5) is 0 Å². The quantitative estimate of drug-likeness (QED) is 0.737. The van der Waals surface area contributed by atoms with Gasteiger partial charge in [-0.25, -0.2) is 0 Å². The van der Waals surface area contributed by atoms with Crippen LogP contribution in [-0.2, 0) is 7.05 Å². The zero-order chi connectivity index (χ0) is 12.1. The molecule has 0 radical (unpaired) electrons. The van der Waals surface area contributed by atoms with Crippen molar-refractivity contribution in [3.05, 3.63) is 23.9 Å². The highest BCUT2D eigenvalue weighted by Gasteiger charge is 2.11. The van der Waals surface area contributed by atoms with Crippen molar-refractivity contribution < 1.29 is 4.74 Å². The van der Waals surface area contributed by atoms with E-state index in [0.29, 0.717) is 11.4 Å². The molecule has 4 nitrogen and oxygen atoms in total. The molecule has 1 aromatic heterocycles. The second-order valence-electron chi connectivity index (χ2n) is 2.94. The van der Waals surface area contributed by atoms with E-state index in [1.807, 2.05) is 32.0 Å². The fraction of sp³-hybridized carbons (Fsp3) is 0.333. The second kappa shape index (κ2) is 5.17. The number of nitriles is 1. The van der Waals surface area contributed by atoms with Gasteiger partial charge in [0.1, 0.15) is 23.0 Å². The molecule has 0 aliphatic carbocycles. The van der Waals surface area contributed by atoms with Crippen LogP contribution in [-0.4, -0.2) is 16.9 Å². The van der Waals surface area contributed by atoms with Crippen molar-refractivity contribution in [1.82, 2.24) is 9.78 Å². The van der Waals surface area contributed by atoms with Gasteiger partial charge in [0.05, 0.1) is 7.11 Å². The van der Waals surface area contributed by atoms with Crippen LogP contribution in [0.15, 0.2) is 18.2 Å². The molecule has 1 heterocycles. The summed E-state index contributed by atoms with van der Waals surface area (Å²) < 4.78 is 6.72. The van der Waals surface area contributed by atoms with Gasteiger partial charge < -0.3 is 4.74 Å². The molecule has 2 aromatic rings. The third-order valence-corrected chi connectivity index (χ3v) is 2.15. The van der Waals surface area contributed by atoms with Gasteiger partial charge in [-0.1, -0.05) is 19.9 Å². The fourth-order valence-electron chi connectivity index (χ4n) is 1.49.